The minimum absolute atomic E-state index is 1.18. The molecular formula is C16H25N2+. The highest BCUT2D eigenvalue weighted by molar-refractivity contribution is 5.47. The summed E-state index contributed by atoms with van der Waals surface area (Å²) in [5.41, 5.74) is 4.22. The maximum absolute atomic E-state index is 2.51. The van der Waals surface area contributed by atoms with Crippen LogP contribution in [-0.2, 0) is 0 Å². The predicted octanol–water partition coefficient (Wildman–Crippen LogP) is 1.67. The van der Waals surface area contributed by atoms with E-state index in [1.54, 1.807) is 4.90 Å². The lowest BCUT2D eigenvalue weighted by atomic mass is 10.2. The van der Waals surface area contributed by atoms with E-state index in [1.807, 2.05) is 0 Å². The van der Waals surface area contributed by atoms with Crippen molar-refractivity contribution in [3.63, 3.8) is 0 Å². The van der Waals surface area contributed by atoms with E-state index in [9.17, 15) is 0 Å². The van der Waals surface area contributed by atoms with Crippen molar-refractivity contribution in [1.29, 1.82) is 0 Å². The topological polar surface area (TPSA) is 7.68 Å². The molecule has 98 valence electrons. The van der Waals surface area contributed by atoms with Gasteiger partial charge in [-0.3, -0.25) is 0 Å². The second-order valence-electron chi connectivity index (χ2n) is 5.38. The minimum atomic E-state index is 1.18. The molecule has 0 radical (unpaired) electrons. The molecule has 0 atom stereocenters. The van der Waals surface area contributed by atoms with Crippen molar-refractivity contribution in [3.8, 4) is 0 Å². The molecule has 1 saturated heterocycles. The highest BCUT2D eigenvalue weighted by atomic mass is 15.3. The summed E-state index contributed by atoms with van der Waals surface area (Å²) >= 11 is 0. The molecule has 0 saturated carbocycles. The standard InChI is InChI=1S/C16H24N2/c1-4-14(2)13-17-9-11-18(12-10-17)16-7-5-15(3)6-8-16/h4-8H,9-13H2,1-3H3/p+1/b14-4-. The Kier molecular flexibility index (Phi) is 4.43. The summed E-state index contributed by atoms with van der Waals surface area (Å²) in [5.74, 6) is 0. The van der Waals surface area contributed by atoms with Crippen LogP contribution in [0.4, 0.5) is 5.69 Å². The van der Waals surface area contributed by atoms with Crippen LogP contribution in [-0.4, -0.2) is 32.7 Å². The number of benzene rings is 1. The zero-order valence-electron chi connectivity index (χ0n) is 11.9. The number of hydrogen-bond donors (Lipinski definition) is 1. The number of hydrogen-bond acceptors (Lipinski definition) is 1. The van der Waals surface area contributed by atoms with E-state index in [4.69, 9.17) is 0 Å². The average Bonchev–Trinajstić information content (AvgIpc) is 2.40. The Balaban J connectivity index is 1.88. The molecular weight excluding hydrogens is 220 g/mol. The lowest BCUT2D eigenvalue weighted by Crippen LogP contribution is -3.15. The third kappa shape index (κ3) is 3.36. The molecule has 18 heavy (non-hydrogen) atoms. The van der Waals surface area contributed by atoms with E-state index in [-0.39, 0.29) is 0 Å². The lowest BCUT2D eigenvalue weighted by Gasteiger charge is -2.33. The smallest absolute Gasteiger partial charge is 0.0985 e. The number of anilines is 1. The fourth-order valence-electron chi connectivity index (χ4n) is 2.51. The summed E-state index contributed by atoms with van der Waals surface area (Å²) in [6.07, 6.45) is 2.24. The van der Waals surface area contributed by atoms with E-state index in [0.717, 1.165) is 0 Å². The van der Waals surface area contributed by atoms with Crippen LogP contribution >= 0.6 is 0 Å². The Hall–Kier alpha value is -1.28. The molecule has 2 heteroatoms. The molecule has 0 unspecified atom stereocenters. The molecule has 1 N–H and O–H groups in total. The molecule has 0 spiro atoms. The van der Waals surface area contributed by atoms with Gasteiger partial charge in [0.15, 0.2) is 0 Å². The molecule has 0 bridgehead atoms. The summed E-state index contributed by atoms with van der Waals surface area (Å²) in [6.45, 7) is 12.6. The average molecular weight is 245 g/mol. The van der Waals surface area contributed by atoms with Crippen molar-refractivity contribution in [3.05, 3.63) is 41.5 Å². The number of rotatable bonds is 3. The Bertz CT molecular complexity index is 398. The third-order valence-corrected chi connectivity index (χ3v) is 3.89. The first kappa shape index (κ1) is 13.2. The van der Waals surface area contributed by atoms with Gasteiger partial charge in [0.05, 0.1) is 32.7 Å². The van der Waals surface area contributed by atoms with E-state index in [2.05, 4.69) is 56.0 Å². The molecule has 0 aromatic heterocycles. The zero-order chi connectivity index (χ0) is 13.0. The van der Waals surface area contributed by atoms with Crippen LogP contribution in [0, 0.1) is 6.92 Å². The first-order valence-corrected chi connectivity index (χ1v) is 6.96. The molecule has 1 aliphatic rings. The second kappa shape index (κ2) is 6.05. The van der Waals surface area contributed by atoms with Gasteiger partial charge in [0.2, 0.25) is 0 Å². The van der Waals surface area contributed by atoms with Gasteiger partial charge in [0.25, 0.3) is 0 Å². The van der Waals surface area contributed by atoms with Gasteiger partial charge < -0.3 is 9.80 Å². The Morgan fingerprint density at radius 1 is 1.22 bits per heavy atom. The quantitative estimate of drug-likeness (QED) is 0.796. The van der Waals surface area contributed by atoms with Crippen molar-refractivity contribution in [2.75, 3.05) is 37.6 Å². The third-order valence-electron chi connectivity index (χ3n) is 3.89. The van der Waals surface area contributed by atoms with Gasteiger partial charge in [-0.05, 0) is 38.5 Å². The molecule has 1 heterocycles. The highest BCUT2D eigenvalue weighted by Gasteiger charge is 2.19. The normalized spacial score (nSPS) is 18.2. The van der Waals surface area contributed by atoms with Crippen LogP contribution in [0.5, 0.6) is 0 Å². The first-order valence-electron chi connectivity index (χ1n) is 6.96. The summed E-state index contributed by atoms with van der Waals surface area (Å²) in [7, 11) is 0. The largest absolute Gasteiger partial charge is 0.360 e. The van der Waals surface area contributed by atoms with Crippen LogP contribution in [0.3, 0.4) is 0 Å². The SMILES string of the molecule is C/C=C(/C)C[NH+]1CCN(c2ccc(C)cc2)CC1. The van der Waals surface area contributed by atoms with Gasteiger partial charge in [0, 0.05) is 5.69 Å². The van der Waals surface area contributed by atoms with Crippen molar-refractivity contribution in [2.24, 2.45) is 0 Å². The molecule has 1 aromatic carbocycles. The first-order chi connectivity index (χ1) is 8.69. The van der Waals surface area contributed by atoms with E-state index < -0.39 is 0 Å². The Morgan fingerprint density at radius 2 is 1.83 bits per heavy atom. The number of quaternary nitrogens is 1. The zero-order valence-corrected chi connectivity index (χ0v) is 11.9. The van der Waals surface area contributed by atoms with Crippen LogP contribution in [0.15, 0.2) is 35.9 Å². The molecule has 2 rings (SSSR count). The number of nitrogens with zero attached hydrogens (tertiary/aromatic N) is 1. The molecule has 2 nitrogen and oxygen atoms in total. The fraction of sp³-hybridized carbons (Fsp3) is 0.500. The lowest BCUT2D eigenvalue weighted by molar-refractivity contribution is -0.895. The van der Waals surface area contributed by atoms with Crippen molar-refractivity contribution >= 4 is 5.69 Å². The van der Waals surface area contributed by atoms with Gasteiger partial charge in [-0.15, -0.1) is 0 Å². The van der Waals surface area contributed by atoms with Crippen LogP contribution < -0.4 is 9.80 Å². The number of aryl methyl sites for hydroxylation is 1. The van der Waals surface area contributed by atoms with Crippen molar-refractivity contribution in [2.45, 2.75) is 20.8 Å². The Morgan fingerprint density at radius 3 is 2.39 bits per heavy atom. The summed E-state index contributed by atoms with van der Waals surface area (Å²) in [5, 5.41) is 0. The van der Waals surface area contributed by atoms with Gasteiger partial charge >= 0.3 is 0 Å². The van der Waals surface area contributed by atoms with E-state index >= 15 is 0 Å². The van der Waals surface area contributed by atoms with Crippen LogP contribution in [0.1, 0.15) is 19.4 Å². The maximum Gasteiger partial charge on any atom is 0.0985 e. The highest BCUT2D eigenvalue weighted by Crippen LogP contribution is 2.14. The summed E-state index contributed by atoms with van der Waals surface area (Å²) < 4.78 is 0. The van der Waals surface area contributed by atoms with Crippen molar-refractivity contribution in [1.82, 2.24) is 0 Å². The fourth-order valence-corrected chi connectivity index (χ4v) is 2.51. The van der Waals surface area contributed by atoms with Gasteiger partial charge in [-0.1, -0.05) is 23.8 Å². The summed E-state index contributed by atoms with van der Waals surface area (Å²) in [6, 6.07) is 8.91. The van der Waals surface area contributed by atoms with E-state index in [1.165, 1.54) is 49.5 Å². The van der Waals surface area contributed by atoms with Gasteiger partial charge in [-0.2, -0.15) is 0 Å². The molecule has 1 fully saturated rings. The van der Waals surface area contributed by atoms with Crippen LogP contribution in [0.2, 0.25) is 0 Å². The predicted molar refractivity (Wildman–Crippen MR) is 78.4 cm³/mol. The Labute approximate surface area is 111 Å². The number of allylic oxidation sites excluding steroid dienone is 1. The van der Waals surface area contributed by atoms with Gasteiger partial charge in [0.1, 0.15) is 0 Å². The number of piperazine rings is 1. The minimum Gasteiger partial charge on any atom is -0.360 e. The number of nitrogens with one attached hydrogen (secondary N) is 1. The summed E-state index contributed by atoms with van der Waals surface area (Å²) in [4.78, 5) is 4.22. The molecule has 0 aliphatic carbocycles. The van der Waals surface area contributed by atoms with Crippen LogP contribution in [0.25, 0.3) is 0 Å². The maximum atomic E-state index is 2.51. The molecule has 1 aliphatic heterocycles. The second-order valence-corrected chi connectivity index (χ2v) is 5.38. The van der Waals surface area contributed by atoms with E-state index in [0.29, 0.717) is 0 Å². The van der Waals surface area contributed by atoms with Crippen molar-refractivity contribution < 1.29 is 4.90 Å². The molecule has 1 aromatic rings. The molecule has 0 amide bonds. The van der Waals surface area contributed by atoms with Gasteiger partial charge in [-0.25, -0.2) is 0 Å². The monoisotopic (exact) mass is 245 g/mol.